The summed E-state index contributed by atoms with van der Waals surface area (Å²) in [6.45, 7) is 3.89. The summed E-state index contributed by atoms with van der Waals surface area (Å²) in [6, 6.07) is 8.37. The van der Waals surface area contributed by atoms with Gasteiger partial charge in [-0.2, -0.15) is 0 Å². The van der Waals surface area contributed by atoms with Crippen LogP contribution in [0.3, 0.4) is 0 Å². The predicted octanol–water partition coefficient (Wildman–Crippen LogP) is 3.96. The zero-order chi connectivity index (χ0) is 14.8. The number of furan rings is 1. The fourth-order valence-electron chi connectivity index (χ4n) is 2.97. The molecule has 0 radical (unpaired) electrons. The van der Waals surface area contributed by atoms with Gasteiger partial charge in [0.2, 0.25) is 0 Å². The molecule has 0 aliphatic heterocycles. The lowest BCUT2D eigenvalue weighted by molar-refractivity contribution is 0.0911. The summed E-state index contributed by atoms with van der Waals surface area (Å²) < 4.78 is 5.24. The van der Waals surface area contributed by atoms with Gasteiger partial charge >= 0.3 is 0 Å². The van der Waals surface area contributed by atoms with Crippen molar-refractivity contribution in [2.45, 2.75) is 45.6 Å². The van der Waals surface area contributed by atoms with E-state index in [0.29, 0.717) is 5.76 Å². The van der Waals surface area contributed by atoms with Crippen LogP contribution in [0.5, 0.6) is 0 Å². The van der Waals surface area contributed by atoms with Gasteiger partial charge in [0.05, 0.1) is 12.3 Å². The minimum absolute atomic E-state index is 0.0192. The topological polar surface area (TPSA) is 42.2 Å². The van der Waals surface area contributed by atoms with Gasteiger partial charge in [-0.25, -0.2) is 0 Å². The molecule has 0 saturated heterocycles. The first-order valence-corrected chi connectivity index (χ1v) is 7.62. The van der Waals surface area contributed by atoms with Gasteiger partial charge in [-0.3, -0.25) is 4.79 Å². The first-order valence-electron chi connectivity index (χ1n) is 7.62. The van der Waals surface area contributed by atoms with E-state index in [4.69, 9.17) is 4.42 Å². The highest BCUT2D eigenvalue weighted by molar-refractivity contribution is 5.93. The van der Waals surface area contributed by atoms with E-state index in [2.05, 4.69) is 23.5 Å². The number of nitrogens with one attached hydrogen (secondary N) is 1. The SMILES string of the molecule is Cc1ccoc1C(=O)N[C@H](C)c1ccc2c(c1)CCCC2. The fourth-order valence-corrected chi connectivity index (χ4v) is 2.97. The summed E-state index contributed by atoms with van der Waals surface area (Å²) in [7, 11) is 0. The van der Waals surface area contributed by atoms with Crippen LogP contribution in [0.25, 0.3) is 0 Å². The fraction of sp³-hybridized carbons (Fsp3) is 0.389. The number of hydrogen-bond acceptors (Lipinski definition) is 2. The van der Waals surface area contributed by atoms with Crippen LogP contribution in [-0.4, -0.2) is 5.91 Å². The highest BCUT2D eigenvalue weighted by Crippen LogP contribution is 2.25. The molecular weight excluding hydrogens is 262 g/mol. The maximum Gasteiger partial charge on any atom is 0.287 e. The second-order valence-electron chi connectivity index (χ2n) is 5.86. The summed E-state index contributed by atoms with van der Waals surface area (Å²) in [4.78, 5) is 12.2. The van der Waals surface area contributed by atoms with Crippen molar-refractivity contribution >= 4 is 5.91 Å². The Morgan fingerprint density at radius 2 is 1.95 bits per heavy atom. The van der Waals surface area contributed by atoms with Crippen molar-refractivity contribution < 1.29 is 9.21 Å². The molecule has 0 spiro atoms. The van der Waals surface area contributed by atoms with E-state index >= 15 is 0 Å². The number of hydrogen-bond donors (Lipinski definition) is 1. The molecule has 0 fully saturated rings. The lowest BCUT2D eigenvalue weighted by Crippen LogP contribution is -2.27. The lowest BCUT2D eigenvalue weighted by Gasteiger charge is -2.19. The van der Waals surface area contributed by atoms with Crippen molar-refractivity contribution in [1.82, 2.24) is 5.32 Å². The summed E-state index contributed by atoms with van der Waals surface area (Å²) in [5.41, 5.74) is 4.93. The molecule has 3 rings (SSSR count). The quantitative estimate of drug-likeness (QED) is 0.926. The molecule has 2 aromatic rings. The van der Waals surface area contributed by atoms with Crippen molar-refractivity contribution in [2.24, 2.45) is 0 Å². The monoisotopic (exact) mass is 283 g/mol. The molecule has 21 heavy (non-hydrogen) atoms. The Morgan fingerprint density at radius 1 is 1.19 bits per heavy atom. The zero-order valence-corrected chi connectivity index (χ0v) is 12.6. The first kappa shape index (κ1) is 13.9. The Bertz CT molecular complexity index is 657. The van der Waals surface area contributed by atoms with Gasteiger partial charge in [-0.1, -0.05) is 18.2 Å². The molecular formula is C18H21NO2. The van der Waals surface area contributed by atoms with E-state index in [9.17, 15) is 4.79 Å². The molecule has 1 N–H and O–H groups in total. The Labute approximate surface area is 125 Å². The van der Waals surface area contributed by atoms with Crippen LogP contribution in [0, 0.1) is 6.92 Å². The number of amides is 1. The third-order valence-corrected chi connectivity index (χ3v) is 4.29. The molecule has 1 amide bonds. The van der Waals surface area contributed by atoms with Gasteiger partial charge < -0.3 is 9.73 Å². The maximum atomic E-state index is 12.2. The van der Waals surface area contributed by atoms with Gasteiger partial charge in [0, 0.05) is 5.56 Å². The van der Waals surface area contributed by atoms with Crippen LogP contribution in [0.15, 0.2) is 34.9 Å². The van der Waals surface area contributed by atoms with E-state index in [-0.39, 0.29) is 11.9 Å². The van der Waals surface area contributed by atoms with Crippen molar-refractivity contribution in [2.75, 3.05) is 0 Å². The minimum atomic E-state index is -0.150. The van der Waals surface area contributed by atoms with Crippen LogP contribution >= 0.6 is 0 Å². The van der Waals surface area contributed by atoms with Gasteiger partial charge in [0.15, 0.2) is 5.76 Å². The van der Waals surface area contributed by atoms with E-state index < -0.39 is 0 Å². The molecule has 1 aliphatic carbocycles. The number of rotatable bonds is 3. The van der Waals surface area contributed by atoms with Crippen molar-refractivity contribution in [3.63, 3.8) is 0 Å². The molecule has 3 nitrogen and oxygen atoms in total. The molecule has 0 unspecified atom stereocenters. The summed E-state index contributed by atoms with van der Waals surface area (Å²) in [5.74, 6) is 0.252. The summed E-state index contributed by atoms with van der Waals surface area (Å²) in [6.07, 6.45) is 6.44. The largest absolute Gasteiger partial charge is 0.459 e. The van der Waals surface area contributed by atoms with Gasteiger partial charge in [0.25, 0.3) is 5.91 Å². The number of fused-ring (bicyclic) bond motifs is 1. The number of aryl methyl sites for hydroxylation is 3. The second kappa shape index (κ2) is 5.76. The minimum Gasteiger partial charge on any atom is -0.459 e. The Kier molecular flexibility index (Phi) is 3.82. The maximum absolute atomic E-state index is 12.2. The van der Waals surface area contributed by atoms with Crippen LogP contribution in [0.2, 0.25) is 0 Å². The highest BCUT2D eigenvalue weighted by Gasteiger charge is 2.17. The second-order valence-corrected chi connectivity index (χ2v) is 5.86. The summed E-state index contributed by atoms with van der Waals surface area (Å²) in [5, 5.41) is 3.01. The number of carbonyl (C=O) groups is 1. The molecule has 1 aromatic carbocycles. The predicted molar refractivity (Wildman–Crippen MR) is 82.4 cm³/mol. The van der Waals surface area contributed by atoms with Crippen LogP contribution < -0.4 is 5.32 Å². The highest BCUT2D eigenvalue weighted by atomic mass is 16.3. The van der Waals surface area contributed by atoms with Crippen LogP contribution in [-0.2, 0) is 12.8 Å². The summed E-state index contributed by atoms with van der Waals surface area (Å²) >= 11 is 0. The first-order chi connectivity index (χ1) is 10.1. The van der Waals surface area contributed by atoms with Gasteiger partial charge in [-0.15, -0.1) is 0 Å². The molecule has 1 heterocycles. The van der Waals surface area contributed by atoms with Gasteiger partial charge in [0.1, 0.15) is 0 Å². The molecule has 3 heteroatoms. The molecule has 0 bridgehead atoms. The lowest BCUT2D eigenvalue weighted by atomic mass is 9.89. The van der Waals surface area contributed by atoms with Crippen molar-refractivity contribution in [3.8, 4) is 0 Å². The third-order valence-electron chi connectivity index (χ3n) is 4.29. The number of benzene rings is 1. The van der Waals surface area contributed by atoms with E-state index in [1.165, 1.54) is 30.4 Å². The molecule has 1 aromatic heterocycles. The zero-order valence-electron chi connectivity index (χ0n) is 12.6. The average molecular weight is 283 g/mol. The van der Waals surface area contributed by atoms with E-state index in [1.807, 2.05) is 13.8 Å². The third kappa shape index (κ3) is 2.87. The Morgan fingerprint density at radius 3 is 2.67 bits per heavy atom. The smallest absolute Gasteiger partial charge is 0.287 e. The standard InChI is InChI=1S/C18H21NO2/c1-12-9-10-21-17(12)18(20)19-13(2)15-8-7-14-5-3-4-6-16(14)11-15/h7-11,13H,3-6H2,1-2H3,(H,19,20)/t13-/m1/s1. The van der Waals surface area contributed by atoms with Crippen molar-refractivity contribution in [3.05, 3.63) is 58.5 Å². The van der Waals surface area contributed by atoms with Crippen molar-refractivity contribution in [1.29, 1.82) is 0 Å². The molecule has 1 atom stereocenters. The van der Waals surface area contributed by atoms with E-state index in [0.717, 1.165) is 17.5 Å². The molecule has 0 saturated carbocycles. The number of carbonyl (C=O) groups excluding carboxylic acids is 1. The van der Waals surface area contributed by atoms with Crippen LogP contribution in [0.1, 0.15) is 58.6 Å². The molecule has 110 valence electrons. The van der Waals surface area contributed by atoms with Gasteiger partial charge in [-0.05, 0) is 62.3 Å². The Hall–Kier alpha value is -2.03. The molecule has 1 aliphatic rings. The van der Waals surface area contributed by atoms with Crippen LogP contribution in [0.4, 0.5) is 0 Å². The van der Waals surface area contributed by atoms with E-state index in [1.54, 1.807) is 12.3 Å². The Balaban J connectivity index is 1.75. The average Bonchev–Trinajstić information content (AvgIpc) is 2.93. The normalized spacial score (nSPS) is 15.3.